The van der Waals surface area contributed by atoms with E-state index < -0.39 is 6.10 Å². The molecule has 5 aliphatic rings. The van der Waals surface area contributed by atoms with Crippen molar-refractivity contribution in [3.63, 3.8) is 0 Å². The maximum atomic E-state index is 11.5. The van der Waals surface area contributed by atoms with Crippen molar-refractivity contribution in [1.82, 2.24) is 0 Å². The highest BCUT2D eigenvalue weighted by Gasteiger charge is 2.76. The van der Waals surface area contributed by atoms with E-state index in [1.807, 2.05) is 0 Å². The first-order valence-corrected chi connectivity index (χ1v) is 13.0. The Kier molecular flexibility index (Phi) is 5.13. The minimum Gasteiger partial charge on any atom is -0.393 e. The molecule has 2 N–H and O–H groups in total. The van der Waals surface area contributed by atoms with Crippen LogP contribution in [0.4, 0.5) is 0 Å². The van der Waals surface area contributed by atoms with E-state index in [-0.39, 0.29) is 28.6 Å². The van der Waals surface area contributed by atoms with Gasteiger partial charge in [-0.3, -0.25) is 0 Å². The molecule has 0 amide bonds. The Morgan fingerprint density at radius 1 is 1.00 bits per heavy atom. The van der Waals surface area contributed by atoms with Gasteiger partial charge in [-0.1, -0.05) is 59.3 Å². The molecule has 4 aliphatic carbocycles. The lowest BCUT2D eigenvalue weighted by Crippen LogP contribution is -2.55. The second-order valence-electron chi connectivity index (χ2n) is 12.6. The number of aliphatic hydroxyl groups excluding tert-OH is 2. The van der Waals surface area contributed by atoms with Gasteiger partial charge in [0.1, 0.15) is 17.8 Å². The van der Waals surface area contributed by atoms with Crippen LogP contribution in [0.1, 0.15) is 86.5 Å². The molecule has 3 fully saturated rings. The third-order valence-corrected chi connectivity index (χ3v) is 10.9. The van der Waals surface area contributed by atoms with Crippen molar-refractivity contribution in [2.75, 3.05) is 0 Å². The van der Waals surface area contributed by atoms with E-state index in [1.165, 1.54) is 30.4 Å². The minimum absolute atomic E-state index is 0.00307. The van der Waals surface area contributed by atoms with E-state index >= 15 is 0 Å². The second-order valence-corrected chi connectivity index (χ2v) is 12.6. The second kappa shape index (κ2) is 7.18. The Morgan fingerprint density at radius 2 is 1.74 bits per heavy atom. The van der Waals surface area contributed by atoms with Gasteiger partial charge in [-0.05, 0) is 79.1 Å². The Hall–Kier alpha value is -0.640. The summed E-state index contributed by atoms with van der Waals surface area (Å²) >= 11 is 0. The normalized spacial score (nSPS) is 50.7. The number of allylic oxidation sites excluding steroid dienone is 2. The van der Waals surface area contributed by atoms with E-state index in [2.05, 4.69) is 53.7 Å². The minimum atomic E-state index is -0.469. The van der Waals surface area contributed by atoms with Crippen LogP contribution in [0.5, 0.6) is 0 Å². The van der Waals surface area contributed by atoms with E-state index in [1.54, 1.807) is 0 Å². The molecule has 0 aromatic carbocycles. The van der Waals surface area contributed by atoms with Crippen molar-refractivity contribution in [3.05, 3.63) is 23.3 Å². The summed E-state index contributed by atoms with van der Waals surface area (Å²) in [6.07, 6.45) is 11.4. The fourth-order valence-corrected chi connectivity index (χ4v) is 8.47. The lowest BCUT2D eigenvalue weighted by molar-refractivity contribution is -0.000636. The zero-order valence-corrected chi connectivity index (χ0v) is 20.5. The lowest BCUT2D eigenvalue weighted by atomic mass is 9.50. The van der Waals surface area contributed by atoms with Gasteiger partial charge in [-0.25, -0.2) is 0 Å². The van der Waals surface area contributed by atoms with Crippen molar-refractivity contribution in [2.24, 2.45) is 40.4 Å². The lowest BCUT2D eigenvalue weighted by Gasteiger charge is -2.54. The molecular formula is C28H44O3. The molecule has 0 bridgehead atoms. The summed E-state index contributed by atoms with van der Waals surface area (Å²) in [6.45, 7) is 14.3. The molecule has 1 aliphatic heterocycles. The van der Waals surface area contributed by atoms with Gasteiger partial charge in [-0.2, -0.15) is 0 Å². The highest BCUT2D eigenvalue weighted by atomic mass is 16.6. The first kappa shape index (κ1) is 22.2. The third-order valence-electron chi connectivity index (χ3n) is 10.9. The van der Waals surface area contributed by atoms with Crippen molar-refractivity contribution >= 4 is 0 Å². The van der Waals surface area contributed by atoms with E-state index in [9.17, 15) is 10.2 Å². The summed E-state index contributed by atoms with van der Waals surface area (Å²) < 4.78 is 6.33. The number of hydrogen-bond donors (Lipinski definition) is 2. The summed E-state index contributed by atoms with van der Waals surface area (Å²) in [5.41, 5.74) is 2.84. The predicted octanol–water partition coefficient (Wildman–Crippen LogP) is 5.66. The van der Waals surface area contributed by atoms with Crippen LogP contribution in [0.15, 0.2) is 23.3 Å². The molecule has 3 heteroatoms. The molecule has 5 rings (SSSR count). The van der Waals surface area contributed by atoms with Crippen molar-refractivity contribution in [2.45, 2.75) is 110 Å². The van der Waals surface area contributed by atoms with Crippen LogP contribution in [-0.4, -0.2) is 34.1 Å². The SMILES string of the molecule is CC(C)[C@@H](C)/C=C/[C@@H](C)[C@H]1CCC2C3=C(CC[C@@]21C)[C@@]1(C)CC[C@H](O)CC12OC2[C@@H]3O. The fourth-order valence-electron chi connectivity index (χ4n) is 8.47. The zero-order chi connectivity index (χ0) is 22.3. The van der Waals surface area contributed by atoms with Crippen LogP contribution in [0.2, 0.25) is 0 Å². The third kappa shape index (κ3) is 2.95. The van der Waals surface area contributed by atoms with Crippen LogP contribution in [0, 0.1) is 40.4 Å². The van der Waals surface area contributed by atoms with Gasteiger partial charge < -0.3 is 14.9 Å². The number of rotatable bonds is 4. The Labute approximate surface area is 189 Å². The van der Waals surface area contributed by atoms with E-state index in [0.29, 0.717) is 36.0 Å². The molecule has 1 heterocycles. The Balaban J connectivity index is 1.45. The molecule has 2 saturated carbocycles. The number of hydrogen-bond acceptors (Lipinski definition) is 3. The van der Waals surface area contributed by atoms with Crippen LogP contribution in [-0.2, 0) is 4.74 Å². The van der Waals surface area contributed by atoms with Crippen LogP contribution in [0.3, 0.4) is 0 Å². The van der Waals surface area contributed by atoms with Gasteiger partial charge in [-0.15, -0.1) is 0 Å². The maximum absolute atomic E-state index is 11.5. The topological polar surface area (TPSA) is 53.0 Å². The van der Waals surface area contributed by atoms with Crippen LogP contribution < -0.4 is 0 Å². The van der Waals surface area contributed by atoms with Crippen molar-refractivity contribution in [1.29, 1.82) is 0 Å². The van der Waals surface area contributed by atoms with Gasteiger partial charge >= 0.3 is 0 Å². The number of epoxide rings is 1. The molecule has 1 spiro atoms. The standard InChI is InChI=1S/C28H44O3/c1-16(2)17(3)7-8-18(4)20-9-10-21-23-22(12-13-26(20,21)5)27(6)14-11-19(29)15-28(27)25(31-28)24(23)30/h7-8,16-21,24-25,29-30H,9-15H2,1-6H3/b8-7+/t17-,18+,19-,20+,21?,24+,25?,26+,27+,28?/m0/s1. The van der Waals surface area contributed by atoms with Crippen LogP contribution in [0.25, 0.3) is 0 Å². The largest absolute Gasteiger partial charge is 0.393 e. The molecule has 3 nitrogen and oxygen atoms in total. The molecule has 10 atom stereocenters. The molecule has 3 unspecified atom stereocenters. The molecule has 174 valence electrons. The number of ether oxygens (including phenoxy) is 1. The average Bonchev–Trinajstić information content (AvgIpc) is 3.34. The quantitative estimate of drug-likeness (QED) is 0.449. The number of fused-ring (bicyclic) bond motifs is 3. The van der Waals surface area contributed by atoms with Gasteiger partial charge in [0, 0.05) is 11.8 Å². The van der Waals surface area contributed by atoms with Gasteiger partial charge in [0.2, 0.25) is 0 Å². The summed E-state index contributed by atoms with van der Waals surface area (Å²) in [5.74, 6) is 3.05. The summed E-state index contributed by atoms with van der Waals surface area (Å²) in [5, 5.41) is 21.9. The Bertz CT molecular complexity index is 798. The molecular weight excluding hydrogens is 384 g/mol. The molecule has 0 aromatic heterocycles. The summed E-state index contributed by atoms with van der Waals surface area (Å²) in [7, 11) is 0. The van der Waals surface area contributed by atoms with Crippen LogP contribution >= 0.6 is 0 Å². The monoisotopic (exact) mass is 428 g/mol. The van der Waals surface area contributed by atoms with Crippen molar-refractivity contribution < 1.29 is 14.9 Å². The first-order valence-electron chi connectivity index (χ1n) is 13.0. The summed E-state index contributed by atoms with van der Waals surface area (Å²) in [4.78, 5) is 0. The van der Waals surface area contributed by atoms with E-state index in [4.69, 9.17) is 4.74 Å². The van der Waals surface area contributed by atoms with Gasteiger partial charge in [0.25, 0.3) is 0 Å². The van der Waals surface area contributed by atoms with Gasteiger partial charge in [0.05, 0.1) is 6.10 Å². The highest BCUT2D eigenvalue weighted by Crippen LogP contribution is 2.72. The number of aliphatic hydroxyl groups is 2. The summed E-state index contributed by atoms with van der Waals surface area (Å²) in [6, 6.07) is 0. The van der Waals surface area contributed by atoms with Gasteiger partial charge in [0.15, 0.2) is 0 Å². The Morgan fingerprint density at radius 3 is 2.45 bits per heavy atom. The molecule has 31 heavy (non-hydrogen) atoms. The maximum Gasteiger partial charge on any atom is 0.118 e. The zero-order valence-electron chi connectivity index (χ0n) is 20.5. The van der Waals surface area contributed by atoms with Crippen molar-refractivity contribution in [3.8, 4) is 0 Å². The molecule has 0 radical (unpaired) electrons. The average molecular weight is 429 g/mol. The molecule has 1 saturated heterocycles. The fraction of sp³-hybridized carbons (Fsp3) is 0.857. The predicted molar refractivity (Wildman–Crippen MR) is 124 cm³/mol. The molecule has 0 aromatic rings. The first-order chi connectivity index (χ1) is 14.5. The van der Waals surface area contributed by atoms with E-state index in [0.717, 1.165) is 19.3 Å². The highest BCUT2D eigenvalue weighted by molar-refractivity contribution is 5.45. The smallest absolute Gasteiger partial charge is 0.118 e.